The molecular formula is C21H19N3O3. The van der Waals surface area contributed by atoms with Gasteiger partial charge in [0.15, 0.2) is 0 Å². The largest absolute Gasteiger partial charge is 0.497 e. The first-order valence-electron chi connectivity index (χ1n) is 8.79. The average Bonchev–Trinajstić information content (AvgIpc) is 3.51. The van der Waals surface area contributed by atoms with Crippen molar-refractivity contribution in [2.24, 2.45) is 0 Å². The predicted molar refractivity (Wildman–Crippen MR) is 103 cm³/mol. The molecule has 1 fully saturated rings. The van der Waals surface area contributed by atoms with E-state index in [1.54, 1.807) is 43.5 Å². The van der Waals surface area contributed by atoms with Gasteiger partial charge in [-0.15, -0.1) is 0 Å². The Labute approximate surface area is 156 Å². The number of rotatable bonds is 5. The summed E-state index contributed by atoms with van der Waals surface area (Å²) in [7, 11) is 1.61. The van der Waals surface area contributed by atoms with Crippen molar-refractivity contribution in [2.75, 3.05) is 12.4 Å². The number of anilines is 1. The molecule has 1 aliphatic rings. The molecule has 6 heteroatoms. The van der Waals surface area contributed by atoms with Crippen molar-refractivity contribution in [3.05, 3.63) is 65.9 Å². The van der Waals surface area contributed by atoms with Crippen molar-refractivity contribution in [1.82, 2.24) is 10.3 Å². The minimum Gasteiger partial charge on any atom is -0.497 e. The number of pyridine rings is 1. The van der Waals surface area contributed by atoms with Gasteiger partial charge in [-0.3, -0.25) is 9.59 Å². The van der Waals surface area contributed by atoms with Crippen LogP contribution in [-0.2, 0) is 0 Å². The monoisotopic (exact) mass is 361 g/mol. The summed E-state index contributed by atoms with van der Waals surface area (Å²) in [5, 5.41) is 6.63. The van der Waals surface area contributed by atoms with Gasteiger partial charge in [-0.2, -0.15) is 0 Å². The highest BCUT2D eigenvalue weighted by molar-refractivity contribution is 6.05. The number of hydrogen-bond donors (Lipinski definition) is 2. The molecule has 0 aliphatic heterocycles. The van der Waals surface area contributed by atoms with Crippen LogP contribution >= 0.6 is 0 Å². The molecule has 27 heavy (non-hydrogen) atoms. The third-order valence-corrected chi connectivity index (χ3v) is 4.42. The fourth-order valence-electron chi connectivity index (χ4n) is 2.79. The number of methoxy groups -OCH3 is 1. The van der Waals surface area contributed by atoms with Crippen molar-refractivity contribution in [3.63, 3.8) is 0 Å². The number of nitrogens with one attached hydrogen (secondary N) is 2. The normalized spacial score (nSPS) is 13.2. The van der Waals surface area contributed by atoms with Crippen molar-refractivity contribution < 1.29 is 14.3 Å². The number of ether oxygens (including phenoxy) is 1. The van der Waals surface area contributed by atoms with Crippen molar-refractivity contribution >= 4 is 28.4 Å². The molecule has 2 N–H and O–H groups in total. The van der Waals surface area contributed by atoms with Crippen molar-refractivity contribution in [3.8, 4) is 5.75 Å². The summed E-state index contributed by atoms with van der Waals surface area (Å²) in [4.78, 5) is 29.1. The molecule has 0 atom stereocenters. The molecule has 2 aromatic carbocycles. The fraction of sp³-hybridized carbons (Fsp3) is 0.190. The first kappa shape index (κ1) is 17.0. The summed E-state index contributed by atoms with van der Waals surface area (Å²) in [6.45, 7) is 0. The van der Waals surface area contributed by atoms with Crippen molar-refractivity contribution in [2.45, 2.75) is 18.9 Å². The maximum Gasteiger partial charge on any atom is 0.274 e. The van der Waals surface area contributed by atoms with Crippen LogP contribution in [0.25, 0.3) is 10.9 Å². The lowest BCUT2D eigenvalue weighted by Crippen LogP contribution is -2.25. The lowest BCUT2D eigenvalue weighted by molar-refractivity contribution is 0.0949. The number of hydrogen-bond acceptors (Lipinski definition) is 4. The Kier molecular flexibility index (Phi) is 4.46. The minimum absolute atomic E-state index is 0.119. The summed E-state index contributed by atoms with van der Waals surface area (Å²) in [5.74, 6) is 0.293. The van der Waals surface area contributed by atoms with E-state index < -0.39 is 0 Å². The SMILES string of the molecule is COc1ccc2nc(C(=O)Nc3cccc(C(=O)NC4CC4)c3)ccc2c1. The van der Waals surface area contributed by atoms with E-state index in [4.69, 9.17) is 4.74 Å². The van der Waals surface area contributed by atoms with Gasteiger partial charge in [0, 0.05) is 22.7 Å². The molecule has 2 amide bonds. The third-order valence-electron chi connectivity index (χ3n) is 4.42. The number of fused-ring (bicyclic) bond motifs is 1. The van der Waals surface area contributed by atoms with E-state index in [2.05, 4.69) is 15.6 Å². The number of amides is 2. The first-order chi connectivity index (χ1) is 13.1. The highest BCUT2D eigenvalue weighted by atomic mass is 16.5. The summed E-state index contributed by atoms with van der Waals surface area (Å²) >= 11 is 0. The summed E-state index contributed by atoms with van der Waals surface area (Å²) in [5.41, 5.74) is 2.10. The lowest BCUT2D eigenvalue weighted by Gasteiger charge is -2.08. The second-order valence-electron chi connectivity index (χ2n) is 6.54. The zero-order chi connectivity index (χ0) is 18.8. The van der Waals surface area contributed by atoms with E-state index >= 15 is 0 Å². The van der Waals surface area contributed by atoms with E-state index in [0.29, 0.717) is 22.5 Å². The minimum atomic E-state index is -0.326. The maximum absolute atomic E-state index is 12.6. The molecule has 6 nitrogen and oxygen atoms in total. The number of carbonyl (C=O) groups excluding carboxylic acids is 2. The average molecular weight is 361 g/mol. The van der Waals surface area contributed by atoms with E-state index in [1.807, 2.05) is 18.2 Å². The van der Waals surface area contributed by atoms with Gasteiger partial charge in [0.2, 0.25) is 0 Å². The van der Waals surface area contributed by atoms with Crippen LogP contribution in [-0.4, -0.2) is 29.9 Å². The molecule has 1 aromatic heterocycles. The van der Waals surface area contributed by atoms with Gasteiger partial charge in [-0.05, 0) is 55.3 Å². The topological polar surface area (TPSA) is 80.3 Å². The number of carbonyl (C=O) groups is 2. The molecule has 0 radical (unpaired) electrons. The lowest BCUT2D eigenvalue weighted by atomic mass is 10.1. The van der Waals surface area contributed by atoms with E-state index in [-0.39, 0.29) is 17.9 Å². The molecule has 136 valence electrons. The van der Waals surface area contributed by atoms with Gasteiger partial charge in [-0.25, -0.2) is 4.98 Å². The molecule has 1 saturated carbocycles. The Morgan fingerprint density at radius 3 is 2.67 bits per heavy atom. The van der Waals surface area contributed by atoms with E-state index in [0.717, 1.165) is 24.0 Å². The standard InChI is InChI=1S/C21H19N3O3/c1-27-17-8-10-18-13(12-17)5-9-19(24-18)21(26)23-16-4-2-3-14(11-16)20(25)22-15-6-7-15/h2-5,8-12,15H,6-7H2,1H3,(H,22,25)(H,23,26). The van der Waals surface area contributed by atoms with Gasteiger partial charge in [0.25, 0.3) is 11.8 Å². The zero-order valence-electron chi connectivity index (χ0n) is 14.9. The van der Waals surface area contributed by atoms with Crippen LogP contribution in [0.4, 0.5) is 5.69 Å². The molecule has 1 heterocycles. The second-order valence-corrected chi connectivity index (χ2v) is 6.54. The molecule has 0 saturated heterocycles. The molecule has 0 spiro atoms. The molecule has 0 bridgehead atoms. The Balaban J connectivity index is 1.51. The highest BCUT2D eigenvalue weighted by Crippen LogP contribution is 2.21. The molecule has 4 rings (SSSR count). The zero-order valence-corrected chi connectivity index (χ0v) is 14.9. The van der Waals surface area contributed by atoms with Gasteiger partial charge >= 0.3 is 0 Å². The van der Waals surface area contributed by atoms with Crippen LogP contribution in [0.2, 0.25) is 0 Å². The van der Waals surface area contributed by atoms with Crippen molar-refractivity contribution in [1.29, 1.82) is 0 Å². The number of benzene rings is 2. The third kappa shape index (κ3) is 3.89. The van der Waals surface area contributed by atoms with Crippen LogP contribution < -0.4 is 15.4 Å². The molecule has 1 aliphatic carbocycles. The highest BCUT2D eigenvalue weighted by Gasteiger charge is 2.23. The van der Waals surface area contributed by atoms with Crippen LogP contribution in [0.15, 0.2) is 54.6 Å². The summed E-state index contributed by atoms with van der Waals surface area (Å²) in [6, 6.07) is 16.2. The Hall–Kier alpha value is -3.41. The van der Waals surface area contributed by atoms with Crippen LogP contribution in [0, 0.1) is 0 Å². The van der Waals surface area contributed by atoms with Gasteiger partial charge < -0.3 is 15.4 Å². The Morgan fingerprint density at radius 2 is 1.89 bits per heavy atom. The quantitative estimate of drug-likeness (QED) is 0.730. The smallest absolute Gasteiger partial charge is 0.274 e. The molecule has 0 unspecified atom stereocenters. The number of nitrogens with zero attached hydrogens (tertiary/aromatic N) is 1. The van der Waals surface area contributed by atoms with Crippen LogP contribution in [0.3, 0.4) is 0 Å². The Morgan fingerprint density at radius 1 is 1.04 bits per heavy atom. The molecule has 3 aromatic rings. The maximum atomic E-state index is 12.6. The van der Waals surface area contributed by atoms with E-state index in [1.165, 1.54) is 0 Å². The number of aromatic nitrogens is 1. The van der Waals surface area contributed by atoms with Gasteiger partial charge in [0.1, 0.15) is 11.4 Å². The van der Waals surface area contributed by atoms with Crippen LogP contribution in [0.1, 0.15) is 33.7 Å². The summed E-state index contributed by atoms with van der Waals surface area (Å²) < 4.78 is 5.20. The Bertz CT molecular complexity index is 1030. The first-order valence-corrected chi connectivity index (χ1v) is 8.79. The van der Waals surface area contributed by atoms with Gasteiger partial charge in [-0.1, -0.05) is 12.1 Å². The predicted octanol–water partition coefficient (Wildman–Crippen LogP) is 3.39. The second kappa shape index (κ2) is 7.07. The van der Waals surface area contributed by atoms with Crippen LogP contribution in [0.5, 0.6) is 5.75 Å². The van der Waals surface area contributed by atoms with E-state index in [9.17, 15) is 9.59 Å². The summed E-state index contributed by atoms with van der Waals surface area (Å²) in [6.07, 6.45) is 2.06. The fourth-order valence-corrected chi connectivity index (χ4v) is 2.79. The van der Waals surface area contributed by atoms with Gasteiger partial charge in [0.05, 0.1) is 12.6 Å². The molecular weight excluding hydrogens is 342 g/mol.